The van der Waals surface area contributed by atoms with Crippen molar-refractivity contribution < 1.29 is 4.74 Å². The summed E-state index contributed by atoms with van der Waals surface area (Å²) in [5.41, 5.74) is 9.41. The van der Waals surface area contributed by atoms with E-state index in [1.54, 1.807) is 4.68 Å². The Morgan fingerprint density at radius 3 is 2.45 bits per heavy atom. The van der Waals surface area contributed by atoms with E-state index in [0.717, 1.165) is 23.4 Å². The number of para-hydroxylation sites is 1. The van der Waals surface area contributed by atoms with Crippen LogP contribution in [0.2, 0.25) is 0 Å². The molecule has 4 nitrogen and oxygen atoms in total. The van der Waals surface area contributed by atoms with Crippen LogP contribution in [0, 0.1) is 0 Å². The molecule has 4 heteroatoms. The molecule has 1 heterocycles. The molecule has 0 radical (unpaired) electrons. The van der Waals surface area contributed by atoms with E-state index in [1.165, 1.54) is 5.56 Å². The highest BCUT2D eigenvalue weighted by Gasteiger charge is 2.09. The number of hydrogen-bond acceptors (Lipinski definition) is 3. The first-order chi connectivity index (χ1) is 10.8. The maximum Gasteiger partial charge on any atom is 0.130 e. The number of rotatable bonds is 5. The topological polar surface area (TPSA) is 53.1 Å². The maximum atomic E-state index is 6.24. The lowest BCUT2D eigenvalue weighted by molar-refractivity contribution is 0.340. The lowest BCUT2D eigenvalue weighted by atomic mass is 10.1. The van der Waals surface area contributed by atoms with Crippen molar-refractivity contribution in [2.45, 2.75) is 13.3 Å². The van der Waals surface area contributed by atoms with E-state index in [-0.39, 0.29) is 0 Å². The van der Waals surface area contributed by atoms with Crippen molar-refractivity contribution in [2.75, 3.05) is 12.3 Å². The first kappa shape index (κ1) is 14.2. The molecule has 1 aromatic heterocycles. The Balaban J connectivity index is 1.80. The Morgan fingerprint density at radius 1 is 1.05 bits per heavy atom. The zero-order valence-corrected chi connectivity index (χ0v) is 12.6. The van der Waals surface area contributed by atoms with Crippen molar-refractivity contribution in [3.63, 3.8) is 0 Å². The smallest absolute Gasteiger partial charge is 0.130 e. The van der Waals surface area contributed by atoms with Crippen LogP contribution in [0.5, 0.6) is 5.75 Å². The Morgan fingerprint density at radius 2 is 1.77 bits per heavy atom. The molecule has 0 atom stereocenters. The SMILES string of the molecule is CCOc1ccc(Cc2cnn(-c3ccccc3)c2N)cc1. The van der Waals surface area contributed by atoms with Gasteiger partial charge < -0.3 is 10.5 Å². The van der Waals surface area contributed by atoms with Gasteiger partial charge in [0.1, 0.15) is 11.6 Å². The second-order valence-corrected chi connectivity index (χ2v) is 5.06. The highest BCUT2D eigenvalue weighted by molar-refractivity contribution is 5.48. The molecule has 0 spiro atoms. The van der Waals surface area contributed by atoms with E-state index in [1.807, 2.05) is 55.6 Å². The van der Waals surface area contributed by atoms with Gasteiger partial charge in [-0.05, 0) is 36.8 Å². The number of anilines is 1. The Labute approximate surface area is 130 Å². The zero-order valence-electron chi connectivity index (χ0n) is 12.6. The molecule has 0 aliphatic rings. The molecule has 2 N–H and O–H groups in total. The van der Waals surface area contributed by atoms with E-state index in [2.05, 4.69) is 17.2 Å². The van der Waals surface area contributed by atoms with Gasteiger partial charge in [-0.1, -0.05) is 30.3 Å². The average molecular weight is 293 g/mol. The predicted molar refractivity (Wildman–Crippen MR) is 88.4 cm³/mol. The molecule has 0 amide bonds. The number of nitrogens with zero attached hydrogens (tertiary/aromatic N) is 2. The number of hydrogen-bond donors (Lipinski definition) is 1. The molecule has 0 aliphatic heterocycles. The standard InChI is InChI=1S/C18H19N3O/c1-2-22-17-10-8-14(9-11-17)12-15-13-20-21(18(15)19)16-6-4-3-5-7-16/h3-11,13H,2,12,19H2,1H3. The van der Waals surface area contributed by atoms with Gasteiger partial charge in [0.2, 0.25) is 0 Å². The third kappa shape index (κ3) is 2.96. The van der Waals surface area contributed by atoms with Crippen LogP contribution in [0.3, 0.4) is 0 Å². The van der Waals surface area contributed by atoms with Gasteiger partial charge in [0.15, 0.2) is 0 Å². The summed E-state index contributed by atoms with van der Waals surface area (Å²) in [5.74, 6) is 1.57. The van der Waals surface area contributed by atoms with Crippen LogP contribution in [0.1, 0.15) is 18.1 Å². The van der Waals surface area contributed by atoms with E-state index in [0.29, 0.717) is 12.4 Å². The molecule has 0 bridgehead atoms. The van der Waals surface area contributed by atoms with E-state index < -0.39 is 0 Å². The number of aromatic nitrogens is 2. The van der Waals surface area contributed by atoms with Gasteiger partial charge in [-0.15, -0.1) is 0 Å². The van der Waals surface area contributed by atoms with Gasteiger partial charge in [0.25, 0.3) is 0 Å². The van der Waals surface area contributed by atoms with E-state index in [9.17, 15) is 0 Å². The normalized spacial score (nSPS) is 10.6. The summed E-state index contributed by atoms with van der Waals surface area (Å²) >= 11 is 0. The molecule has 0 unspecified atom stereocenters. The monoisotopic (exact) mass is 293 g/mol. The van der Waals surface area contributed by atoms with Gasteiger partial charge in [-0.2, -0.15) is 5.10 Å². The third-order valence-corrected chi connectivity index (χ3v) is 3.52. The first-order valence-corrected chi connectivity index (χ1v) is 7.37. The van der Waals surface area contributed by atoms with Crippen molar-refractivity contribution in [1.82, 2.24) is 9.78 Å². The summed E-state index contributed by atoms with van der Waals surface area (Å²) in [4.78, 5) is 0. The van der Waals surface area contributed by atoms with Crippen LogP contribution in [0.4, 0.5) is 5.82 Å². The largest absolute Gasteiger partial charge is 0.494 e. The fraction of sp³-hybridized carbons (Fsp3) is 0.167. The summed E-state index contributed by atoms with van der Waals surface area (Å²) in [6.45, 7) is 2.66. The van der Waals surface area contributed by atoms with Crippen molar-refractivity contribution in [3.05, 3.63) is 71.9 Å². The molecule has 3 aromatic rings. The van der Waals surface area contributed by atoms with Crippen molar-refractivity contribution in [3.8, 4) is 11.4 Å². The second-order valence-electron chi connectivity index (χ2n) is 5.06. The number of nitrogens with two attached hydrogens (primary N) is 1. The highest BCUT2D eigenvalue weighted by Crippen LogP contribution is 2.21. The van der Waals surface area contributed by atoms with Crippen LogP contribution in [0.25, 0.3) is 5.69 Å². The lowest BCUT2D eigenvalue weighted by Crippen LogP contribution is -2.03. The van der Waals surface area contributed by atoms with Crippen LogP contribution < -0.4 is 10.5 Å². The zero-order chi connectivity index (χ0) is 15.4. The van der Waals surface area contributed by atoms with Crippen LogP contribution in [-0.4, -0.2) is 16.4 Å². The molecule has 0 saturated carbocycles. The summed E-state index contributed by atoms with van der Waals surface area (Å²) in [6, 6.07) is 18.0. The molecule has 3 rings (SSSR count). The van der Waals surface area contributed by atoms with Crippen molar-refractivity contribution in [1.29, 1.82) is 0 Å². The highest BCUT2D eigenvalue weighted by atomic mass is 16.5. The molecule has 0 fully saturated rings. The Hall–Kier alpha value is -2.75. The Kier molecular flexibility index (Phi) is 4.10. The number of nitrogen functional groups attached to an aromatic ring is 1. The van der Waals surface area contributed by atoms with Gasteiger partial charge in [0.05, 0.1) is 18.5 Å². The maximum absolute atomic E-state index is 6.24. The molecule has 2 aromatic carbocycles. The fourth-order valence-corrected chi connectivity index (χ4v) is 2.39. The predicted octanol–water partition coefficient (Wildman–Crippen LogP) is 3.44. The summed E-state index contributed by atoms with van der Waals surface area (Å²) in [7, 11) is 0. The molecule has 22 heavy (non-hydrogen) atoms. The lowest BCUT2D eigenvalue weighted by Gasteiger charge is -2.06. The second kappa shape index (κ2) is 6.35. The molecular formula is C18H19N3O. The van der Waals surface area contributed by atoms with E-state index in [4.69, 9.17) is 10.5 Å². The molecular weight excluding hydrogens is 274 g/mol. The quantitative estimate of drug-likeness (QED) is 0.784. The van der Waals surface area contributed by atoms with Crippen LogP contribution in [-0.2, 0) is 6.42 Å². The number of benzene rings is 2. The first-order valence-electron chi connectivity index (χ1n) is 7.37. The van der Waals surface area contributed by atoms with Gasteiger partial charge in [0, 0.05) is 12.0 Å². The summed E-state index contributed by atoms with van der Waals surface area (Å²) < 4.78 is 7.22. The molecule has 112 valence electrons. The molecule has 0 aliphatic carbocycles. The van der Waals surface area contributed by atoms with Crippen LogP contribution in [0.15, 0.2) is 60.8 Å². The van der Waals surface area contributed by atoms with Gasteiger partial charge in [-0.3, -0.25) is 0 Å². The van der Waals surface area contributed by atoms with Crippen molar-refractivity contribution in [2.24, 2.45) is 0 Å². The van der Waals surface area contributed by atoms with Crippen molar-refractivity contribution >= 4 is 5.82 Å². The van der Waals surface area contributed by atoms with Gasteiger partial charge >= 0.3 is 0 Å². The minimum Gasteiger partial charge on any atom is -0.494 e. The summed E-state index contributed by atoms with van der Waals surface area (Å²) in [6.07, 6.45) is 2.59. The summed E-state index contributed by atoms with van der Waals surface area (Å²) in [5, 5.41) is 4.40. The molecule has 0 saturated heterocycles. The minimum absolute atomic E-state index is 0.677. The fourth-order valence-electron chi connectivity index (χ4n) is 2.39. The third-order valence-electron chi connectivity index (χ3n) is 3.52. The van der Waals surface area contributed by atoms with Gasteiger partial charge in [-0.25, -0.2) is 4.68 Å². The van der Waals surface area contributed by atoms with E-state index >= 15 is 0 Å². The average Bonchev–Trinajstić information content (AvgIpc) is 2.91. The Bertz CT molecular complexity index is 733. The van der Waals surface area contributed by atoms with Crippen LogP contribution >= 0.6 is 0 Å². The number of ether oxygens (including phenoxy) is 1. The minimum atomic E-state index is 0.677.